The Kier molecular flexibility index (Phi) is 6.06. The van der Waals surface area contributed by atoms with Gasteiger partial charge in [-0.25, -0.2) is 0 Å². The summed E-state index contributed by atoms with van der Waals surface area (Å²) < 4.78 is 123. The minimum Gasteiger partial charge on any atom is -0.380 e. The predicted molar refractivity (Wildman–Crippen MR) is 55.8 cm³/mol. The van der Waals surface area contributed by atoms with Crippen molar-refractivity contribution in [1.29, 1.82) is 0 Å². The number of hydrogen-bond donors (Lipinski definition) is 0. The fourth-order valence-corrected chi connectivity index (χ4v) is 3.89. The van der Waals surface area contributed by atoms with Crippen LogP contribution >= 0.6 is 11.1 Å². The zero-order valence-electron chi connectivity index (χ0n) is 10.5. The van der Waals surface area contributed by atoms with Crippen molar-refractivity contribution in [2.24, 2.45) is 0 Å². The maximum atomic E-state index is 13.6. The molecule has 0 radical (unpaired) electrons. The van der Waals surface area contributed by atoms with Crippen molar-refractivity contribution < 1.29 is 48.4 Å². The van der Waals surface area contributed by atoms with Gasteiger partial charge in [0.1, 0.15) is 0 Å². The topological polar surface area (TPSA) is 18.5 Å². The zero-order valence-corrected chi connectivity index (χ0v) is 12.3. The van der Waals surface area contributed by atoms with Crippen LogP contribution in [0.1, 0.15) is 13.8 Å². The molecule has 0 aromatic heterocycles. The summed E-state index contributed by atoms with van der Waals surface area (Å²) in [5.41, 5.74) is -6.05. The van der Waals surface area contributed by atoms with Crippen LogP contribution in [0.15, 0.2) is 0 Å². The van der Waals surface area contributed by atoms with E-state index in [0.29, 0.717) is 0 Å². The van der Waals surface area contributed by atoms with Gasteiger partial charge in [-0.05, 0) is 13.8 Å². The highest BCUT2D eigenvalue weighted by atomic mass is 35.6. The lowest BCUT2D eigenvalue weighted by molar-refractivity contribution is -0.386. The predicted octanol–water partition coefficient (Wildman–Crippen LogP) is 4.24. The quantitative estimate of drug-likeness (QED) is 0.378. The molecule has 128 valence electrons. The molecule has 0 saturated carbocycles. The van der Waals surface area contributed by atoms with Crippen LogP contribution < -0.4 is 0 Å². The molecule has 0 aromatic rings. The van der Waals surface area contributed by atoms with Crippen molar-refractivity contribution in [3.05, 3.63) is 0 Å². The van der Waals surface area contributed by atoms with Gasteiger partial charge in [0.25, 0.3) is 0 Å². The standard InChI is InChI=1S/C8H10ClF9O2Si/c1-3-19-21(9,20-4-2)8(17,18)6(12,13)5(10,11)7(14,15)16/h3-4H2,1-2H3. The Labute approximate surface area is 119 Å². The van der Waals surface area contributed by atoms with Crippen LogP contribution in [0.5, 0.6) is 0 Å². The highest BCUT2D eigenvalue weighted by Crippen LogP contribution is 2.56. The van der Waals surface area contributed by atoms with Crippen LogP contribution in [0, 0.1) is 0 Å². The van der Waals surface area contributed by atoms with Gasteiger partial charge >= 0.3 is 31.4 Å². The summed E-state index contributed by atoms with van der Waals surface area (Å²) in [4.78, 5) is 0. The first-order chi connectivity index (χ1) is 9.12. The molecule has 0 aliphatic heterocycles. The minimum atomic E-state index is -7.02. The summed E-state index contributed by atoms with van der Waals surface area (Å²) in [6, 6.07) is 0. The molecule has 0 bridgehead atoms. The van der Waals surface area contributed by atoms with Gasteiger partial charge in [-0.15, -0.1) is 0 Å². The highest BCUT2D eigenvalue weighted by Gasteiger charge is 2.88. The van der Waals surface area contributed by atoms with E-state index < -0.39 is 44.7 Å². The first-order valence-corrected chi connectivity index (χ1v) is 8.12. The van der Waals surface area contributed by atoms with Crippen molar-refractivity contribution in [2.45, 2.75) is 37.4 Å². The van der Waals surface area contributed by atoms with E-state index in [0.717, 1.165) is 13.8 Å². The van der Waals surface area contributed by atoms with E-state index in [2.05, 4.69) is 8.85 Å². The van der Waals surface area contributed by atoms with Crippen molar-refractivity contribution >= 4 is 18.9 Å². The van der Waals surface area contributed by atoms with Crippen LogP contribution in [0.25, 0.3) is 0 Å². The molecule has 21 heavy (non-hydrogen) atoms. The van der Waals surface area contributed by atoms with E-state index in [9.17, 15) is 39.5 Å². The molecule has 0 unspecified atom stereocenters. The van der Waals surface area contributed by atoms with Crippen molar-refractivity contribution in [3.8, 4) is 0 Å². The molecule has 0 heterocycles. The van der Waals surface area contributed by atoms with Crippen molar-refractivity contribution in [3.63, 3.8) is 0 Å². The van der Waals surface area contributed by atoms with Gasteiger partial charge in [0.05, 0.1) is 0 Å². The number of halogens is 10. The number of alkyl halides is 9. The molecule has 0 aliphatic carbocycles. The number of hydrogen-bond acceptors (Lipinski definition) is 2. The summed E-state index contributed by atoms with van der Waals surface area (Å²) in [5, 5.41) is 0. The largest absolute Gasteiger partial charge is 0.524 e. The summed E-state index contributed by atoms with van der Waals surface area (Å²) in [6.07, 6.45) is -6.91. The lowest BCUT2D eigenvalue weighted by Gasteiger charge is -2.38. The first-order valence-electron chi connectivity index (χ1n) is 5.29. The van der Waals surface area contributed by atoms with Crippen molar-refractivity contribution in [1.82, 2.24) is 0 Å². The molecule has 0 fully saturated rings. The fraction of sp³-hybridized carbons (Fsp3) is 1.00. The summed E-state index contributed by atoms with van der Waals surface area (Å²) >= 11 is 5.04. The van der Waals surface area contributed by atoms with E-state index in [1.165, 1.54) is 0 Å². The molecular weight excluding hydrogens is 363 g/mol. The average Bonchev–Trinajstić information content (AvgIpc) is 2.27. The third kappa shape index (κ3) is 3.27. The Balaban J connectivity index is 5.95. The Hall–Kier alpha value is -0.203. The fourth-order valence-electron chi connectivity index (χ4n) is 1.16. The van der Waals surface area contributed by atoms with Gasteiger partial charge in [0, 0.05) is 13.2 Å². The molecular formula is C8H10ClF9O2Si. The monoisotopic (exact) mass is 372 g/mol. The molecule has 0 rings (SSSR count). The number of rotatable bonds is 7. The van der Waals surface area contributed by atoms with Gasteiger partial charge in [-0.1, -0.05) is 11.1 Å². The second-order valence-electron chi connectivity index (χ2n) is 3.62. The summed E-state index contributed by atoms with van der Waals surface area (Å²) in [5.74, 6) is -13.9. The second-order valence-corrected chi connectivity index (χ2v) is 7.39. The molecule has 0 N–H and O–H groups in total. The zero-order chi connectivity index (χ0) is 17.3. The van der Waals surface area contributed by atoms with Gasteiger partial charge in [-0.2, -0.15) is 39.5 Å². The molecule has 0 saturated heterocycles. The van der Waals surface area contributed by atoms with Crippen LogP contribution in [0.3, 0.4) is 0 Å². The van der Waals surface area contributed by atoms with E-state index >= 15 is 0 Å². The molecule has 0 atom stereocenters. The third-order valence-electron chi connectivity index (χ3n) is 2.18. The molecule has 0 spiro atoms. The SMILES string of the molecule is CCO[Si](Cl)(OCC)C(F)(F)C(F)(F)C(F)(F)C(F)(F)F. The summed E-state index contributed by atoms with van der Waals surface area (Å²) in [6.45, 7) is 0.497. The van der Waals surface area contributed by atoms with E-state index in [4.69, 9.17) is 11.1 Å². The van der Waals surface area contributed by atoms with Crippen LogP contribution in [-0.2, 0) is 8.85 Å². The van der Waals surface area contributed by atoms with E-state index in [1.54, 1.807) is 0 Å². The average molecular weight is 373 g/mol. The Morgan fingerprint density at radius 3 is 1.33 bits per heavy atom. The Morgan fingerprint density at radius 2 is 1.10 bits per heavy atom. The summed E-state index contributed by atoms with van der Waals surface area (Å²) in [7, 11) is -5.89. The third-order valence-corrected chi connectivity index (χ3v) is 5.93. The van der Waals surface area contributed by atoms with Gasteiger partial charge in [-0.3, -0.25) is 0 Å². The van der Waals surface area contributed by atoms with Gasteiger partial charge in [0.15, 0.2) is 0 Å². The maximum absolute atomic E-state index is 13.6. The molecule has 0 aliphatic rings. The van der Waals surface area contributed by atoms with Gasteiger partial charge in [0.2, 0.25) is 0 Å². The minimum absolute atomic E-state index is 0.751. The normalized spacial score (nSPS) is 15.4. The van der Waals surface area contributed by atoms with E-state index in [-0.39, 0.29) is 0 Å². The van der Waals surface area contributed by atoms with Crippen LogP contribution in [-0.4, -0.2) is 44.7 Å². The van der Waals surface area contributed by atoms with Crippen LogP contribution in [0.4, 0.5) is 39.5 Å². The Morgan fingerprint density at radius 1 is 0.762 bits per heavy atom. The van der Waals surface area contributed by atoms with Crippen LogP contribution in [0.2, 0.25) is 0 Å². The molecule has 0 amide bonds. The van der Waals surface area contributed by atoms with Crippen molar-refractivity contribution in [2.75, 3.05) is 13.2 Å². The molecule has 13 heteroatoms. The maximum Gasteiger partial charge on any atom is 0.524 e. The lowest BCUT2D eigenvalue weighted by Crippen LogP contribution is -2.71. The smallest absolute Gasteiger partial charge is 0.380 e. The molecule has 2 nitrogen and oxygen atoms in total. The van der Waals surface area contributed by atoms with E-state index in [1.807, 2.05) is 0 Å². The van der Waals surface area contributed by atoms with Gasteiger partial charge < -0.3 is 8.85 Å². The highest BCUT2D eigenvalue weighted by molar-refractivity contribution is 7.14. The Bertz CT molecular complexity index is 354. The molecule has 0 aromatic carbocycles. The lowest BCUT2D eigenvalue weighted by atomic mass is 10.1. The first kappa shape index (κ1) is 20.8. The second kappa shape index (κ2) is 6.12.